The average molecular weight is 234 g/mol. The van der Waals surface area contributed by atoms with Crippen LogP contribution < -0.4 is 5.73 Å². The zero-order chi connectivity index (χ0) is 13.2. The summed E-state index contributed by atoms with van der Waals surface area (Å²) in [7, 11) is 1.85. The maximum absolute atomic E-state index is 12.2. The summed E-state index contributed by atoms with van der Waals surface area (Å²) in [6.07, 6.45) is 0. The van der Waals surface area contributed by atoms with Gasteiger partial charge in [-0.3, -0.25) is 4.79 Å². The highest BCUT2D eigenvalue weighted by atomic mass is 16.2. The van der Waals surface area contributed by atoms with Crippen LogP contribution in [0.1, 0.15) is 36.7 Å². The number of nitrogens with two attached hydrogens (primary N) is 1. The molecule has 0 aromatic heterocycles. The Morgan fingerprint density at radius 1 is 1.29 bits per heavy atom. The van der Waals surface area contributed by atoms with Crippen molar-refractivity contribution in [3.63, 3.8) is 0 Å². The molecule has 2 N–H and O–H groups in total. The lowest BCUT2D eigenvalue weighted by Crippen LogP contribution is -2.38. The van der Waals surface area contributed by atoms with E-state index >= 15 is 0 Å². The molecule has 94 valence electrons. The van der Waals surface area contributed by atoms with E-state index in [2.05, 4.69) is 20.8 Å². The van der Waals surface area contributed by atoms with Crippen molar-refractivity contribution in [2.24, 2.45) is 5.92 Å². The van der Waals surface area contributed by atoms with E-state index < -0.39 is 0 Å². The van der Waals surface area contributed by atoms with Gasteiger partial charge in [0, 0.05) is 24.3 Å². The van der Waals surface area contributed by atoms with Gasteiger partial charge < -0.3 is 10.6 Å². The second-order valence-electron chi connectivity index (χ2n) is 4.97. The monoisotopic (exact) mass is 234 g/mol. The third-order valence-electron chi connectivity index (χ3n) is 3.41. The number of aryl methyl sites for hydroxylation is 1. The van der Waals surface area contributed by atoms with E-state index in [9.17, 15) is 4.79 Å². The van der Waals surface area contributed by atoms with Crippen molar-refractivity contribution in [1.82, 2.24) is 4.90 Å². The molecule has 0 spiro atoms. The van der Waals surface area contributed by atoms with Crippen LogP contribution in [0.25, 0.3) is 0 Å². The predicted octanol–water partition coefficient (Wildman–Crippen LogP) is 2.69. The summed E-state index contributed by atoms with van der Waals surface area (Å²) in [5.41, 5.74) is 8.12. The number of carbonyl (C=O) groups is 1. The van der Waals surface area contributed by atoms with Crippen LogP contribution in [0.5, 0.6) is 0 Å². The topological polar surface area (TPSA) is 46.3 Å². The molecule has 0 aliphatic heterocycles. The van der Waals surface area contributed by atoms with Crippen molar-refractivity contribution < 1.29 is 4.79 Å². The summed E-state index contributed by atoms with van der Waals surface area (Å²) in [6, 6.07) is 5.65. The number of hydrogen-bond acceptors (Lipinski definition) is 2. The first-order chi connectivity index (χ1) is 7.84. The molecule has 0 saturated heterocycles. The Balaban J connectivity index is 2.92. The van der Waals surface area contributed by atoms with Crippen LogP contribution in [0, 0.1) is 12.8 Å². The zero-order valence-electron chi connectivity index (χ0n) is 11.3. The maximum atomic E-state index is 12.2. The minimum Gasteiger partial charge on any atom is -0.399 e. The molecule has 0 heterocycles. The van der Waals surface area contributed by atoms with Gasteiger partial charge in [-0.25, -0.2) is 0 Å². The van der Waals surface area contributed by atoms with Crippen molar-refractivity contribution in [2.45, 2.75) is 33.7 Å². The predicted molar refractivity (Wildman–Crippen MR) is 72.0 cm³/mol. The van der Waals surface area contributed by atoms with Crippen LogP contribution in [-0.2, 0) is 0 Å². The molecule has 0 bridgehead atoms. The lowest BCUT2D eigenvalue weighted by Gasteiger charge is -2.28. The first-order valence-electron chi connectivity index (χ1n) is 5.98. The molecule has 0 aliphatic rings. The molecular formula is C14H22N2O. The molecule has 0 aliphatic carbocycles. The second kappa shape index (κ2) is 5.21. The molecule has 1 unspecified atom stereocenters. The Kier molecular flexibility index (Phi) is 4.16. The summed E-state index contributed by atoms with van der Waals surface area (Å²) in [5, 5.41) is 0. The number of nitrogens with zero attached hydrogens (tertiary/aromatic N) is 1. The Hall–Kier alpha value is -1.51. The van der Waals surface area contributed by atoms with Crippen LogP contribution in [-0.4, -0.2) is 23.9 Å². The number of carbonyl (C=O) groups excluding carboxylic acids is 1. The van der Waals surface area contributed by atoms with Crippen molar-refractivity contribution in [1.29, 1.82) is 0 Å². The third kappa shape index (κ3) is 2.99. The summed E-state index contributed by atoms with van der Waals surface area (Å²) >= 11 is 0. The molecule has 0 radical (unpaired) electrons. The van der Waals surface area contributed by atoms with Gasteiger partial charge in [0.2, 0.25) is 0 Å². The normalized spacial score (nSPS) is 12.6. The standard InChI is InChI=1S/C14H22N2O/c1-9(2)11(4)16(5)14(17)12-6-7-13(15)10(3)8-12/h6-9,11H,15H2,1-5H3. The summed E-state index contributed by atoms with van der Waals surface area (Å²) < 4.78 is 0. The average Bonchev–Trinajstić information content (AvgIpc) is 2.29. The number of hydrogen-bond donors (Lipinski definition) is 1. The van der Waals surface area contributed by atoms with E-state index in [4.69, 9.17) is 5.73 Å². The van der Waals surface area contributed by atoms with Gasteiger partial charge in [-0.05, 0) is 43.5 Å². The lowest BCUT2D eigenvalue weighted by molar-refractivity contribution is 0.0707. The van der Waals surface area contributed by atoms with E-state index in [1.807, 2.05) is 20.0 Å². The van der Waals surface area contributed by atoms with Crippen LogP contribution in [0.15, 0.2) is 18.2 Å². The highest BCUT2D eigenvalue weighted by molar-refractivity contribution is 5.94. The maximum Gasteiger partial charge on any atom is 0.253 e. The van der Waals surface area contributed by atoms with E-state index in [-0.39, 0.29) is 11.9 Å². The fraction of sp³-hybridized carbons (Fsp3) is 0.500. The van der Waals surface area contributed by atoms with E-state index in [1.165, 1.54) is 0 Å². The molecule has 17 heavy (non-hydrogen) atoms. The molecular weight excluding hydrogens is 212 g/mol. The largest absolute Gasteiger partial charge is 0.399 e. The van der Waals surface area contributed by atoms with E-state index in [0.29, 0.717) is 11.5 Å². The second-order valence-corrected chi connectivity index (χ2v) is 4.97. The molecule has 0 saturated carbocycles. The summed E-state index contributed by atoms with van der Waals surface area (Å²) in [4.78, 5) is 14.0. The van der Waals surface area contributed by atoms with Crippen LogP contribution >= 0.6 is 0 Å². The first kappa shape index (κ1) is 13.6. The smallest absolute Gasteiger partial charge is 0.253 e. The molecule has 3 heteroatoms. The molecule has 3 nitrogen and oxygen atoms in total. The lowest BCUT2D eigenvalue weighted by atomic mass is 10.0. The van der Waals surface area contributed by atoms with Crippen molar-refractivity contribution in [2.75, 3.05) is 12.8 Å². The van der Waals surface area contributed by atoms with Gasteiger partial charge >= 0.3 is 0 Å². The Morgan fingerprint density at radius 2 is 1.88 bits per heavy atom. The molecule has 1 amide bonds. The van der Waals surface area contributed by atoms with Crippen molar-refractivity contribution in [3.8, 4) is 0 Å². The minimum atomic E-state index is 0.0503. The fourth-order valence-corrected chi connectivity index (χ4v) is 1.64. The molecule has 1 atom stereocenters. The van der Waals surface area contributed by atoms with Crippen LogP contribution in [0.3, 0.4) is 0 Å². The van der Waals surface area contributed by atoms with Gasteiger partial charge in [-0.15, -0.1) is 0 Å². The SMILES string of the molecule is Cc1cc(C(=O)N(C)C(C)C(C)C)ccc1N. The number of anilines is 1. The Morgan fingerprint density at radius 3 is 2.35 bits per heavy atom. The van der Waals surface area contributed by atoms with Crippen LogP contribution in [0.4, 0.5) is 5.69 Å². The number of rotatable bonds is 3. The van der Waals surface area contributed by atoms with Gasteiger partial charge in [0.05, 0.1) is 0 Å². The summed E-state index contributed by atoms with van der Waals surface area (Å²) in [6.45, 7) is 8.20. The van der Waals surface area contributed by atoms with E-state index in [1.54, 1.807) is 17.0 Å². The third-order valence-corrected chi connectivity index (χ3v) is 3.41. The molecule has 0 fully saturated rings. The minimum absolute atomic E-state index is 0.0503. The van der Waals surface area contributed by atoms with Crippen molar-refractivity contribution in [3.05, 3.63) is 29.3 Å². The van der Waals surface area contributed by atoms with Gasteiger partial charge in [0.15, 0.2) is 0 Å². The first-order valence-corrected chi connectivity index (χ1v) is 5.98. The number of amides is 1. The zero-order valence-corrected chi connectivity index (χ0v) is 11.3. The highest BCUT2D eigenvalue weighted by Crippen LogP contribution is 2.16. The van der Waals surface area contributed by atoms with Crippen molar-refractivity contribution >= 4 is 11.6 Å². The van der Waals surface area contributed by atoms with Gasteiger partial charge in [-0.2, -0.15) is 0 Å². The molecule has 1 aromatic rings. The van der Waals surface area contributed by atoms with Crippen LogP contribution in [0.2, 0.25) is 0 Å². The molecule has 1 aromatic carbocycles. The highest BCUT2D eigenvalue weighted by Gasteiger charge is 2.19. The number of nitrogen functional groups attached to an aromatic ring is 1. The molecule has 1 rings (SSSR count). The Labute approximate surface area is 104 Å². The fourth-order valence-electron chi connectivity index (χ4n) is 1.64. The van der Waals surface area contributed by atoms with Gasteiger partial charge in [0.25, 0.3) is 5.91 Å². The van der Waals surface area contributed by atoms with Gasteiger partial charge in [-0.1, -0.05) is 13.8 Å². The quantitative estimate of drug-likeness (QED) is 0.817. The summed E-state index contributed by atoms with van der Waals surface area (Å²) in [5.74, 6) is 0.494. The number of benzene rings is 1. The Bertz CT molecular complexity index is 413. The van der Waals surface area contributed by atoms with E-state index in [0.717, 1.165) is 11.3 Å². The van der Waals surface area contributed by atoms with Gasteiger partial charge in [0.1, 0.15) is 0 Å².